The number of halogens is 2. The van der Waals surface area contributed by atoms with Crippen LogP contribution in [0.5, 0.6) is 0 Å². The summed E-state index contributed by atoms with van der Waals surface area (Å²) in [6.07, 6.45) is 4.04. The Labute approximate surface area is 185 Å². The molecule has 0 aliphatic carbocycles. The molecule has 0 bridgehead atoms. The van der Waals surface area contributed by atoms with E-state index in [-0.39, 0.29) is 11.5 Å². The molecule has 3 N–H and O–H groups in total. The number of benzene rings is 2. The lowest BCUT2D eigenvalue weighted by atomic mass is 9.87. The molecule has 2 aliphatic heterocycles. The van der Waals surface area contributed by atoms with E-state index in [1.165, 1.54) is 17.7 Å². The number of hydrogen-bond acceptors (Lipinski definition) is 2. The molecule has 164 valence electrons. The number of anilines is 1. The molecule has 0 saturated carbocycles. The van der Waals surface area contributed by atoms with Gasteiger partial charge < -0.3 is 15.6 Å². The van der Waals surface area contributed by atoms with Crippen molar-refractivity contribution in [1.29, 1.82) is 0 Å². The van der Waals surface area contributed by atoms with Gasteiger partial charge in [0.25, 0.3) is 5.91 Å². The van der Waals surface area contributed by atoms with Gasteiger partial charge >= 0.3 is 0 Å². The lowest BCUT2D eigenvalue weighted by Gasteiger charge is -2.23. The predicted molar refractivity (Wildman–Crippen MR) is 123 cm³/mol. The summed E-state index contributed by atoms with van der Waals surface area (Å²) >= 11 is 0. The molecule has 1 saturated heterocycles. The van der Waals surface area contributed by atoms with Gasteiger partial charge in [-0.05, 0) is 86.7 Å². The minimum absolute atomic E-state index is 0.231. The van der Waals surface area contributed by atoms with Crippen LogP contribution >= 0.6 is 0 Å². The van der Waals surface area contributed by atoms with Crippen LogP contribution in [0.2, 0.25) is 0 Å². The van der Waals surface area contributed by atoms with Crippen LogP contribution in [0, 0.1) is 25.5 Å². The highest BCUT2D eigenvalue weighted by atomic mass is 19.1. The van der Waals surface area contributed by atoms with Gasteiger partial charge in [0.2, 0.25) is 0 Å². The quantitative estimate of drug-likeness (QED) is 0.475. The molecule has 1 aromatic heterocycles. The number of H-pyrrole nitrogens is 1. The van der Waals surface area contributed by atoms with Crippen LogP contribution in [0.25, 0.3) is 22.8 Å². The summed E-state index contributed by atoms with van der Waals surface area (Å²) in [5.74, 6) is -1.03. The first kappa shape index (κ1) is 20.6. The fraction of sp³-hybridized carbons (Fsp3) is 0.269. The Balaban J connectivity index is 1.62. The molecular formula is C26H25F2N3O. The Kier molecular flexibility index (Phi) is 5.18. The molecule has 3 aromatic rings. The Morgan fingerprint density at radius 2 is 1.81 bits per heavy atom. The highest BCUT2D eigenvalue weighted by Crippen LogP contribution is 2.42. The zero-order chi connectivity index (χ0) is 22.4. The normalized spacial score (nSPS) is 17.6. The number of carbonyl (C=O) groups is 1. The second-order valence-electron chi connectivity index (χ2n) is 8.59. The SMILES string of the molecule is Cc1[nH]c(C=C2C(=O)Nc3cccc(-c4ccc(F)cc4F)c32)c(C)c1C1CCNCC1. The predicted octanol–water partition coefficient (Wildman–Crippen LogP) is 5.54. The number of rotatable bonds is 3. The largest absolute Gasteiger partial charge is 0.359 e. The van der Waals surface area contributed by atoms with Crippen LogP contribution in [0.1, 0.15) is 46.8 Å². The van der Waals surface area contributed by atoms with Crippen molar-refractivity contribution in [2.45, 2.75) is 32.6 Å². The van der Waals surface area contributed by atoms with Crippen LogP contribution in [-0.2, 0) is 4.79 Å². The van der Waals surface area contributed by atoms with E-state index in [1.54, 1.807) is 18.2 Å². The van der Waals surface area contributed by atoms with Gasteiger partial charge in [0.15, 0.2) is 0 Å². The molecule has 0 atom stereocenters. The van der Waals surface area contributed by atoms with E-state index in [9.17, 15) is 13.6 Å². The summed E-state index contributed by atoms with van der Waals surface area (Å²) < 4.78 is 28.1. The van der Waals surface area contributed by atoms with Crippen molar-refractivity contribution in [3.8, 4) is 11.1 Å². The van der Waals surface area contributed by atoms with Crippen LogP contribution in [-0.4, -0.2) is 24.0 Å². The fourth-order valence-electron chi connectivity index (χ4n) is 5.12. The number of aryl methyl sites for hydroxylation is 1. The first-order valence-electron chi connectivity index (χ1n) is 11.0. The topological polar surface area (TPSA) is 56.9 Å². The zero-order valence-electron chi connectivity index (χ0n) is 18.1. The Morgan fingerprint density at radius 3 is 2.56 bits per heavy atom. The lowest BCUT2D eigenvalue weighted by molar-refractivity contribution is -0.110. The van der Waals surface area contributed by atoms with Gasteiger partial charge in [-0.2, -0.15) is 0 Å². The van der Waals surface area contributed by atoms with Gasteiger partial charge in [-0.15, -0.1) is 0 Å². The van der Waals surface area contributed by atoms with Crippen molar-refractivity contribution in [2.24, 2.45) is 0 Å². The standard InChI is InChI=1S/C26H25F2N3O/c1-14-23(30-15(2)24(14)16-8-10-29-11-9-16)13-20-25-19(4-3-5-22(25)31-26(20)32)18-7-6-17(27)12-21(18)28/h3-7,12-13,16,29-30H,8-11H2,1-2H3,(H,31,32). The maximum Gasteiger partial charge on any atom is 0.256 e. The first-order valence-corrected chi connectivity index (χ1v) is 11.0. The average Bonchev–Trinajstić information content (AvgIpc) is 3.24. The van der Waals surface area contributed by atoms with Gasteiger partial charge in [-0.1, -0.05) is 12.1 Å². The van der Waals surface area contributed by atoms with E-state index in [1.807, 2.05) is 6.08 Å². The number of aromatic nitrogens is 1. The van der Waals surface area contributed by atoms with Crippen LogP contribution in [0.3, 0.4) is 0 Å². The van der Waals surface area contributed by atoms with E-state index < -0.39 is 11.6 Å². The van der Waals surface area contributed by atoms with Crippen molar-refractivity contribution in [3.63, 3.8) is 0 Å². The van der Waals surface area contributed by atoms with E-state index >= 15 is 0 Å². The van der Waals surface area contributed by atoms with Crippen molar-refractivity contribution in [1.82, 2.24) is 10.3 Å². The Bertz CT molecular complexity index is 1250. The summed E-state index contributed by atoms with van der Waals surface area (Å²) in [5.41, 5.74) is 7.05. The molecule has 0 radical (unpaired) electrons. The second kappa shape index (κ2) is 8.02. The number of hydrogen-bond donors (Lipinski definition) is 3. The number of amides is 1. The summed E-state index contributed by atoms with van der Waals surface area (Å²) in [5, 5.41) is 6.29. The van der Waals surface area contributed by atoms with Crippen LogP contribution in [0.4, 0.5) is 14.5 Å². The van der Waals surface area contributed by atoms with E-state index in [0.29, 0.717) is 28.3 Å². The number of piperidine rings is 1. The number of nitrogens with one attached hydrogen (secondary N) is 3. The molecule has 2 aliphatic rings. The van der Waals surface area contributed by atoms with Crippen LogP contribution in [0.15, 0.2) is 36.4 Å². The molecule has 1 fully saturated rings. The van der Waals surface area contributed by atoms with Gasteiger partial charge in [0.05, 0.1) is 5.57 Å². The van der Waals surface area contributed by atoms with E-state index in [0.717, 1.165) is 48.9 Å². The Hall–Kier alpha value is -3.25. The van der Waals surface area contributed by atoms with E-state index in [2.05, 4.69) is 29.5 Å². The van der Waals surface area contributed by atoms with Gasteiger partial charge in [-0.25, -0.2) is 8.78 Å². The van der Waals surface area contributed by atoms with Crippen molar-refractivity contribution < 1.29 is 13.6 Å². The molecule has 0 spiro atoms. The molecule has 6 heteroatoms. The Morgan fingerprint density at radius 1 is 1.03 bits per heavy atom. The molecule has 5 rings (SSSR count). The third kappa shape index (κ3) is 3.45. The number of fused-ring (bicyclic) bond motifs is 1. The van der Waals surface area contributed by atoms with Gasteiger partial charge in [0, 0.05) is 34.3 Å². The summed E-state index contributed by atoms with van der Waals surface area (Å²) in [7, 11) is 0. The zero-order valence-corrected chi connectivity index (χ0v) is 18.1. The molecule has 1 amide bonds. The monoisotopic (exact) mass is 433 g/mol. The third-order valence-electron chi connectivity index (χ3n) is 6.62. The fourth-order valence-corrected chi connectivity index (χ4v) is 5.12. The van der Waals surface area contributed by atoms with Gasteiger partial charge in [0.1, 0.15) is 11.6 Å². The second-order valence-corrected chi connectivity index (χ2v) is 8.59. The van der Waals surface area contributed by atoms with Crippen molar-refractivity contribution >= 4 is 23.2 Å². The maximum atomic E-state index is 14.6. The highest BCUT2D eigenvalue weighted by molar-refractivity contribution is 6.36. The molecule has 4 nitrogen and oxygen atoms in total. The maximum absolute atomic E-state index is 14.6. The van der Waals surface area contributed by atoms with E-state index in [4.69, 9.17) is 0 Å². The first-order chi connectivity index (χ1) is 15.4. The number of carbonyl (C=O) groups excluding carboxylic acids is 1. The molecule has 0 unspecified atom stereocenters. The molecular weight excluding hydrogens is 408 g/mol. The summed E-state index contributed by atoms with van der Waals surface area (Å²) in [6, 6.07) is 8.84. The van der Waals surface area contributed by atoms with Gasteiger partial charge in [-0.3, -0.25) is 4.79 Å². The smallest absolute Gasteiger partial charge is 0.256 e. The van der Waals surface area contributed by atoms with Crippen LogP contribution < -0.4 is 10.6 Å². The average molecular weight is 434 g/mol. The minimum atomic E-state index is -0.655. The van der Waals surface area contributed by atoms with Crippen molar-refractivity contribution in [2.75, 3.05) is 18.4 Å². The summed E-state index contributed by atoms with van der Waals surface area (Å²) in [4.78, 5) is 16.4. The molecule has 2 aromatic carbocycles. The minimum Gasteiger partial charge on any atom is -0.359 e. The van der Waals surface area contributed by atoms with Crippen molar-refractivity contribution in [3.05, 3.63) is 76.1 Å². The molecule has 3 heterocycles. The molecule has 32 heavy (non-hydrogen) atoms. The number of aromatic amines is 1. The summed E-state index contributed by atoms with van der Waals surface area (Å²) in [6.45, 7) is 6.18. The third-order valence-corrected chi connectivity index (χ3v) is 6.62. The highest BCUT2D eigenvalue weighted by Gasteiger charge is 2.29. The lowest BCUT2D eigenvalue weighted by Crippen LogP contribution is -2.27.